The van der Waals surface area contributed by atoms with Gasteiger partial charge >= 0.3 is 0 Å². The molecule has 2 rings (SSSR count). The first kappa shape index (κ1) is 10.8. The molecule has 0 saturated carbocycles. The Hall–Kier alpha value is -1.74. The highest BCUT2D eigenvalue weighted by molar-refractivity contribution is 6.32. The van der Waals surface area contributed by atoms with Crippen LogP contribution < -0.4 is 10.5 Å². The molecule has 16 heavy (non-hydrogen) atoms. The summed E-state index contributed by atoms with van der Waals surface area (Å²) in [6.45, 7) is 0. The maximum absolute atomic E-state index is 5.94. The molecular weight excluding hydrogens is 224 g/mol. The Morgan fingerprint density at radius 3 is 2.75 bits per heavy atom. The molecule has 0 atom stereocenters. The van der Waals surface area contributed by atoms with Crippen molar-refractivity contribution in [2.75, 3.05) is 12.8 Å². The molecule has 4 heteroatoms. The van der Waals surface area contributed by atoms with Crippen LogP contribution in [0.1, 0.15) is 0 Å². The third kappa shape index (κ3) is 2.09. The first-order chi connectivity index (χ1) is 7.70. The zero-order valence-corrected chi connectivity index (χ0v) is 9.53. The van der Waals surface area contributed by atoms with Gasteiger partial charge in [-0.15, -0.1) is 0 Å². The molecular formula is C12H11ClN2O. The van der Waals surface area contributed by atoms with Gasteiger partial charge in [-0.05, 0) is 24.3 Å². The van der Waals surface area contributed by atoms with Gasteiger partial charge in [0.1, 0.15) is 11.6 Å². The van der Waals surface area contributed by atoms with E-state index >= 15 is 0 Å². The van der Waals surface area contributed by atoms with E-state index in [0.29, 0.717) is 16.6 Å². The van der Waals surface area contributed by atoms with Gasteiger partial charge in [0.05, 0.1) is 17.8 Å². The molecule has 0 aliphatic rings. The number of rotatable bonds is 2. The van der Waals surface area contributed by atoms with Crippen LogP contribution in [0.5, 0.6) is 5.75 Å². The van der Waals surface area contributed by atoms with Crippen LogP contribution in [0, 0.1) is 0 Å². The lowest BCUT2D eigenvalue weighted by molar-refractivity contribution is 0.415. The summed E-state index contributed by atoms with van der Waals surface area (Å²) < 4.78 is 5.15. The lowest BCUT2D eigenvalue weighted by Crippen LogP contribution is -1.92. The van der Waals surface area contributed by atoms with Crippen LogP contribution in [0.25, 0.3) is 11.3 Å². The van der Waals surface area contributed by atoms with Crippen molar-refractivity contribution in [2.45, 2.75) is 0 Å². The van der Waals surface area contributed by atoms with E-state index in [0.717, 1.165) is 11.3 Å². The summed E-state index contributed by atoms with van der Waals surface area (Å²) in [6.07, 6.45) is 0. The largest absolute Gasteiger partial charge is 0.495 e. The maximum Gasteiger partial charge on any atom is 0.138 e. The maximum atomic E-state index is 5.94. The summed E-state index contributed by atoms with van der Waals surface area (Å²) in [5.74, 6) is 1.12. The minimum absolute atomic E-state index is 0.492. The number of methoxy groups -OCH3 is 1. The SMILES string of the molecule is COc1cc(-c2cccc(N)n2)ccc1Cl. The number of nitrogen functional groups attached to an aromatic ring is 1. The van der Waals surface area contributed by atoms with E-state index in [1.165, 1.54) is 0 Å². The first-order valence-electron chi connectivity index (χ1n) is 4.77. The molecule has 0 bridgehead atoms. The Bertz CT molecular complexity index is 514. The lowest BCUT2D eigenvalue weighted by atomic mass is 10.1. The van der Waals surface area contributed by atoms with Crippen molar-refractivity contribution in [1.82, 2.24) is 4.98 Å². The summed E-state index contributed by atoms with van der Waals surface area (Å²) in [5, 5.41) is 0.579. The number of aromatic nitrogens is 1. The van der Waals surface area contributed by atoms with Gasteiger partial charge in [-0.2, -0.15) is 0 Å². The molecule has 0 aliphatic heterocycles. The molecule has 0 fully saturated rings. The Morgan fingerprint density at radius 2 is 2.06 bits per heavy atom. The molecule has 82 valence electrons. The number of benzene rings is 1. The fourth-order valence-corrected chi connectivity index (χ4v) is 1.63. The molecule has 0 amide bonds. The molecule has 0 saturated heterocycles. The fourth-order valence-electron chi connectivity index (χ4n) is 1.43. The van der Waals surface area contributed by atoms with Gasteiger partial charge < -0.3 is 10.5 Å². The van der Waals surface area contributed by atoms with Gasteiger partial charge in [-0.1, -0.05) is 23.7 Å². The predicted octanol–water partition coefficient (Wildman–Crippen LogP) is 2.99. The number of nitrogens with two attached hydrogens (primary N) is 1. The molecule has 2 aromatic rings. The number of pyridine rings is 1. The average molecular weight is 235 g/mol. The second kappa shape index (κ2) is 4.41. The topological polar surface area (TPSA) is 48.1 Å². The van der Waals surface area contributed by atoms with E-state index < -0.39 is 0 Å². The van der Waals surface area contributed by atoms with E-state index in [1.807, 2.05) is 24.3 Å². The number of nitrogens with zero attached hydrogens (tertiary/aromatic N) is 1. The van der Waals surface area contributed by atoms with Gasteiger partial charge in [0.25, 0.3) is 0 Å². The highest BCUT2D eigenvalue weighted by Gasteiger charge is 2.05. The highest BCUT2D eigenvalue weighted by atomic mass is 35.5. The van der Waals surface area contributed by atoms with Crippen molar-refractivity contribution in [3.63, 3.8) is 0 Å². The van der Waals surface area contributed by atoms with Crippen LogP contribution in [-0.4, -0.2) is 12.1 Å². The van der Waals surface area contributed by atoms with Crippen molar-refractivity contribution in [3.8, 4) is 17.0 Å². The Labute approximate surface area is 98.8 Å². The van der Waals surface area contributed by atoms with Gasteiger partial charge in [0.15, 0.2) is 0 Å². The second-order valence-electron chi connectivity index (χ2n) is 3.30. The first-order valence-corrected chi connectivity index (χ1v) is 5.15. The summed E-state index contributed by atoms with van der Waals surface area (Å²) in [6, 6.07) is 11.0. The molecule has 0 aliphatic carbocycles. The normalized spacial score (nSPS) is 10.1. The molecule has 0 unspecified atom stereocenters. The lowest BCUT2D eigenvalue weighted by Gasteiger charge is -2.06. The standard InChI is InChI=1S/C12H11ClN2O/c1-16-11-7-8(5-6-9(11)13)10-3-2-4-12(14)15-10/h2-7H,1H3,(H2,14,15). The van der Waals surface area contributed by atoms with Gasteiger partial charge in [0, 0.05) is 5.56 Å². The number of ether oxygens (including phenoxy) is 1. The molecule has 1 aromatic heterocycles. The van der Waals surface area contributed by atoms with Crippen molar-refractivity contribution in [1.29, 1.82) is 0 Å². The zero-order valence-electron chi connectivity index (χ0n) is 8.77. The second-order valence-corrected chi connectivity index (χ2v) is 3.70. The van der Waals surface area contributed by atoms with E-state index in [4.69, 9.17) is 22.1 Å². The van der Waals surface area contributed by atoms with Crippen molar-refractivity contribution < 1.29 is 4.74 Å². The number of hydrogen-bond acceptors (Lipinski definition) is 3. The summed E-state index contributed by atoms with van der Waals surface area (Å²) in [4.78, 5) is 4.23. The van der Waals surface area contributed by atoms with Crippen molar-refractivity contribution >= 4 is 17.4 Å². The molecule has 2 N–H and O–H groups in total. The van der Waals surface area contributed by atoms with Crippen LogP contribution >= 0.6 is 11.6 Å². The number of anilines is 1. The third-order valence-corrected chi connectivity index (χ3v) is 2.53. The van der Waals surface area contributed by atoms with E-state index in [2.05, 4.69) is 4.98 Å². The van der Waals surface area contributed by atoms with Crippen LogP contribution in [0.2, 0.25) is 5.02 Å². The third-order valence-electron chi connectivity index (χ3n) is 2.22. The Morgan fingerprint density at radius 1 is 1.25 bits per heavy atom. The van der Waals surface area contributed by atoms with Crippen LogP contribution in [0.4, 0.5) is 5.82 Å². The average Bonchev–Trinajstić information content (AvgIpc) is 2.29. The fraction of sp³-hybridized carbons (Fsp3) is 0.0833. The molecule has 3 nitrogen and oxygen atoms in total. The summed E-state index contributed by atoms with van der Waals surface area (Å²) >= 11 is 5.94. The van der Waals surface area contributed by atoms with Gasteiger partial charge in [0.2, 0.25) is 0 Å². The molecule has 1 aromatic carbocycles. The van der Waals surface area contributed by atoms with E-state index in [-0.39, 0.29) is 0 Å². The Kier molecular flexibility index (Phi) is 2.97. The predicted molar refractivity (Wildman–Crippen MR) is 65.6 cm³/mol. The number of hydrogen-bond donors (Lipinski definition) is 1. The molecule has 0 spiro atoms. The van der Waals surface area contributed by atoms with Gasteiger partial charge in [-0.3, -0.25) is 0 Å². The minimum Gasteiger partial charge on any atom is -0.495 e. The quantitative estimate of drug-likeness (QED) is 0.869. The molecule has 0 radical (unpaired) electrons. The monoisotopic (exact) mass is 234 g/mol. The number of halogens is 1. The summed E-state index contributed by atoms with van der Waals surface area (Å²) in [7, 11) is 1.58. The Balaban J connectivity index is 2.48. The molecule has 1 heterocycles. The van der Waals surface area contributed by atoms with Crippen LogP contribution in [-0.2, 0) is 0 Å². The highest BCUT2D eigenvalue weighted by Crippen LogP contribution is 2.29. The summed E-state index contributed by atoms with van der Waals surface area (Å²) in [5.41, 5.74) is 7.35. The van der Waals surface area contributed by atoms with Crippen molar-refractivity contribution in [2.24, 2.45) is 0 Å². The van der Waals surface area contributed by atoms with E-state index in [1.54, 1.807) is 19.2 Å². The van der Waals surface area contributed by atoms with Crippen LogP contribution in [0.3, 0.4) is 0 Å². The smallest absolute Gasteiger partial charge is 0.138 e. The van der Waals surface area contributed by atoms with Crippen LogP contribution in [0.15, 0.2) is 36.4 Å². The van der Waals surface area contributed by atoms with Gasteiger partial charge in [-0.25, -0.2) is 4.98 Å². The zero-order chi connectivity index (χ0) is 11.5. The van der Waals surface area contributed by atoms with E-state index in [9.17, 15) is 0 Å². The minimum atomic E-state index is 0.492. The van der Waals surface area contributed by atoms with Crippen molar-refractivity contribution in [3.05, 3.63) is 41.4 Å².